The SMILES string of the molecule is C/C(=C\CO)CC/C=C(\C)CCC1OC1(C)C.C/C(=C\Cc1c(O)c(Cl)c(C)c(C=O)c1O)CC/C=C(\C)CCC1OC1(C)C.C/C(C=O)=C\CC/C(C)=C/CO.C/C(C=O)=C\CC/C(C)=C/Cc1c(O)c(Cl)c(C)c(C=O)c1O.CC.CC/C=C(\C)CC/C=C(\C)C=O. The number of phenols is 4. The lowest BCUT2D eigenvalue weighted by Gasteiger charge is -2.13. The van der Waals surface area contributed by atoms with Crippen LogP contribution >= 0.6 is 23.2 Å². The van der Waals surface area contributed by atoms with Gasteiger partial charge in [-0.15, -0.1) is 0 Å². The van der Waals surface area contributed by atoms with Gasteiger partial charge in [-0.25, -0.2) is 0 Å². The molecule has 2 fully saturated rings. The first-order valence-corrected chi connectivity index (χ1v) is 33.9. The number of allylic oxidation sites excluding steroid dienone is 18. The Morgan fingerprint density at radius 3 is 0.915 bits per heavy atom. The molecule has 15 heteroatoms. The molecule has 2 aliphatic heterocycles. The van der Waals surface area contributed by atoms with E-state index < -0.39 is 0 Å². The third kappa shape index (κ3) is 37.2. The maximum Gasteiger partial charge on any atom is 0.154 e. The number of aliphatic hydroxyl groups is 2. The highest BCUT2D eigenvalue weighted by Gasteiger charge is 2.47. The smallest absolute Gasteiger partial charge is 0.154 e. The van der Waals surface area contributed by atoms with Gasteiger partial charge in [0.05, 0.1) is 57.8 Å². The molecule has 2 heterocycles. The van der Waals surface area contributed by atoms with Gasteiger partial charge < -0.3 is 40.1 Å². The van der Waals surface area contributed by atoms with Gasteiger partial charge in [0.1, 0.15) is 41.9 Å². The fourth-order valence-corrected chi connectivity index (χ4v) is 9.81. The van der Waals surface area contributed by atoms with E-state index in [9.17, 15) is 44.4 Å². The monoisotopic (exact) mass is 1340 g/mol. The van der Waals surface area contributed by atoms with Crippen LogP contribution in [-0.4, -0.2) is 98.7 Å². The summed E-state index contributed by atoms with van der Waals surface area (Å²) in [5.74, 6) is -0.792. The normalized spacial score (nSPS) is 16.5. The molecule has 2 atom stereocenters. The summed E-state index contributed by atoms with van der Waals surface area (Å²) >= 11 is 12.1. The van der Waals surface area contributed by atoms with Crippen molar-refractivity contribution >= 4 is 54.6 Å². The summed E-state index contributed by atoms with van der Waals surface area (Å²) in [4.78, 5) is 53.2. The van der Waals surface area contributed by atoms with E-state index in [-0.39, 0.29) is 86.1 Å². The molecule has 6 N–H and O–H groups in total. The van der Waals surface area contributed by atoms with E-state index in [0.717, 1.165) is 143 Å². The zero-order chi connectivity index (χ0) is 72.3. The minimum Gasteiger partial charge on any atom is -0.507 e. The highest BCUT2D eigenvalue weighted by molar-refractivity contribution is 6.33. The first-order chi connectivity index (χ1) is 44.3. The van der Waals surface area contributed by atoms with Gasteiger partial charge in [0.2, 0.25) is 0 Å². The standard InChI is InChI=1S/C23H31ClO4.C18H21ClO4.C15H26O2.C11H18O.C10H16O2.C2H6/c1-14(7-6-8-15(2)10-12-19-23(4,5)28-19)9-11-17-21(26)18(13-25)16(3)20(24)22(17)27;1-11(5-4-6-12(2)9-20)7-8-14-17(22)15(10-21)13(3)16(19)18(14)23;1-12(6-5-7-13(2)10-11-16)8-9-14-15(3,4)17-14;1-4-6-10(2)7-5-8-11(3)9-12;1-9(6-7-11)4-3-5-10(2)8-12;1-2/h8-9,13,19,26-27H,6-7,10-12H2,1-5H3;6-7,9-10,22-23H,4-5,8H2,1-3H3;6,10,14,16H,5,7-9,11H2,1-4H3;6,8-9H,4-5,7H2,1-3H3;5-6,8,11H,3-4,7H2,1-2H3;1-2H3/b14-9+,15-8+;11-7+,12-6+;12-6+,13-10+;10-6+,11-8+;9-6+,10-5+;. The topological polar surface area (TPSA) is 232 Å². The van der Waals surface area contributed by atoms with Crippen LogP contribution in [0.4, 0.5) is 0 Å². The molecule has 2 aromatic rings. The third-order valence-corrected chi connectivity index (χ3v) is 17.0. The van der Waals surface area contributed by atoms with Gasteiger partial charge in [0.25, 0.3) is 0 Å². The van der Waals surface area contributed by atoms with Crippen molar-refractivity contribution in [3.05, 3.63) is 160 Å². The molecule has 4 rings (SSSR count). The zero-order valence-electron chi connectivity index (χ0n) is 60.5. The lowest BCUT2D eigenvalue weighted by molar-refractivity contribution is -0.105. The lowest BCUT2D eigenvalue weighted by Crippen LogP contribution is -2.02. The van der Waals surface area contributed by atoms with Crippen LogP contribution in [-0.2, 0) is 36.7 Å². The Labute approximate surface area is 575 Å². The van der Waals surface area contributed by atoms with Gasteiger partial charge in [-0.1, -0.05) is 144 Å². The van der Waals surface area contributed by atoms with Gasteiger partial charge in [0, 0.05) is 11.1 Å². The minimum atomic E-state index is -0.236. The van der Waals surface area contributed by atoms with E-state index in [1.165, 1.54) is 22.3 Å². The van der Waals surface area contributed by atoms with Crippen molar-refractivity contribution in [3.63, 3.8) is 0 Å². The number of halogens is 2. The van der Waals surface area contributed by atoms with Gasteiger partial charge >= 0.3 is 0 Å². The molecule has 526 valence electrons. The van der Waals surface area contributed by atoms with Crippen LogP contribution in [0.1, 0.15) is 257 Å². The zero-order valence-corrected chi connectivity index (χ0v) is 62.1. The molecule has 2 aliphatic rings. The van der Waals surface area contributed by atoms with Crippen LogP contribution in [0.5, 0.6) is 23.0 Å². The summed E-state index contributed by atoms with van der Waals surface area (Å²) in [6, 6.07) is 0. The molecular weight excluding hydrogens is 1230 g/mol. The Hall–Kier alpha value is -6.19. The quantitative estimate of drug-likeness (QED) is 0.0169. The van der Waals surface area contributed by atoms with Gasteiger partial charge in [-0.3, -0.25) is 24.0 Å². The number of aromatic hydroxyl groups is 4. The molecule has 2 aromatic carbocycles. The molecule has 2 unspecified atom stereocenters. The fourth-order valence-electron chi connectivity index (χ4n) is 9.38. The number of ether oxygens (including phenoxy) is 2. The molecule has 2 saturated heterocycles. The molecule has 0 spiro atoms. The highest BCUT2D eigenvalue weighted by Crippen LogP contribution is 2.43. The molecule has 0 bridgehead atoms. The number of phenolic OH excluding ortho intramolecular Hbond substituents is 4. The Bertz CT molecular complexity index is 2980. The number of epoxide rings is 2. The van der Waals surface area contributed by atoms with Crippen molar-refractivity contribution in [3.8, 4) is 23.0 Å². The second-order valence-corrected chi connectivity index (χ2v) is 26.0. The average Bonchev–Trinajstić information content (AvgIpc) is 1.47. The number of hydrogen-bond acceptors (Lipinski definition) is 13. The number of rotatable bonds is 33. The molecule has 94 heavy (non-hydrogen) atoms. The molecular formula is C79H118Cl2O13. The third-order valence-electron chi connectivity index (χ3n) is 16.1. The van der Waals surface area contributed by atoms with Gasteiger partial charge in [-0.05, 0) is 248 Å². The first kappa shape index (κ1) is 89.9. The fraction of sp³-hybridized carbons (Fsp3) is 0.532. The summed E-state index contributed by atoms with van der Waals surface area (Å²) in [5, 5.41) is 58.2. The van der Waals surface area contributed by atoms with Crippen LogP contribution < -0.4 is 0 Å². The number of aldehydes is 5. The molecule has 13 nitrogen and oxygen atoms in total. The van der Waals surface area contributed by atoms with Crippen molar-refractivity contribution in [1.29, 1.82) is 0 Å². The maximum absolute atomic E-state index is 11.2. The average molecular weight is 1350 g/mol. The number of benzene rings is 2. The van der Waals surface area contributed by atoms with Crippen molar-refractivity contribution in [2.75, 3.05) is 13.2 Å². The summed E-state index contributed by atoms with van der Waals surface area (Å²) in [6.07, 6.45) is 39.9. The summed E-state index contributed by atoms with van der Waals surface area (Å²) in [7, 11) is 0. The van der Waals surface area contributed by atoms with Crippen molar-refractivity contribution in [2.45, 2.75) is 264 Å². The van der Waals surface area contributed by atoms with Crippen LogP contribution in [0.2, 0.25) is 10.0 Å². The second kappa shape index (κ2) is 49.3. The van der Waals surface area contributed by atoms with Crippen molar-refractivity contribution in [1.82, 2.24) is 0 Å². The minimum absolute atomic E-state index is 0.0549. The number of carbonyl (C=O) groups excluding carboxylic acids is 5. The van der Waals surface area contributed by atoms with Crippen LogP contribution in [0.25, 0.3) is 0 Å². The van der Waals surface area contributed by atoms with E-state index in [1.807, 2.05) is 78.0 Å². The Morgan fingerprint density at radius 1 is 0.415 bits per heavy atom. The molecule has 0 aromatic heterocycles. The first-order valence-electron chi connectivity index (χ1n) is 33.2. The van der Waals surface area contributed by atoms with E-state index in [1.54, 1.807) is 33.8 Å². The largest absolute Gasteiger partial charge is 0.507 e. The number of hydrogen-bond donors (Lipinski definition) is 6. The highest BCUT2D eigenvalue weighted by atomic mass is 35.5. The lowest BCUT2D eigenvalue weighted by atomic mass is 9.98. The molecule has 0 aliphatic carbocycles. The maximum atomic E-state index is 11.2. The number of aliphatic hydroxyl groups excluding tert-OH is 2. The van der Waals surface area contributed by atoms with Gasteiger partial charge in [-0.2, -0.15) is 0 Å². The molecule has 0 amide bonds. The van der Waals surface area contributed by atoms with E-state index in [0.29, 0.717) is 47.9 Å². The Balaban J connectivity index is 0. The van der Waals surface area contributed by atoms with Crippen molar-refractivity contribution < 1.29 is 64.1 Å². The predicted molar refractivity (Wildman–Crippen MR) is 391 cm³/mol. The van der Waals surface area contributed by atoms with Crippen molar-refractivity contribution in [2.24, 2.45) is 0 Å². The summed E-state index contributed by atoms with van der Waals surface area (Å²) in [6.45, 7) is 38.0. The predicted octanol–water partition coefficient (Wildman–Crippen LogP) is 20.1. The van der Waals surface area contributed by atoms with Crippen LogP contribution in [0, 0.1) is 13.8 Å². The van der Waals surface area contributed by atoms with Gasteiger partial charge in [0.15, 0.2) is 12.6 Å². The Kier molecular flexibility index (Phi) is 47.2. The van der Waals surface area contributed by atoms with Crippen LogP contribution in [0.15, 0.2) is 116 Å². The summed E-state index contributed by atoms with van der Waals surface area (Å²) < 4.78 is 11.2. The number of carbonyl (C=O) groups is 5. The summed E-state index contributed by atoms with van der Waals surface area (Å²) in [5.41, 5.74) is 12.8. The Morgan fingerprint density at radius 2 is 0.670 bits per heavy atom. The molecule has 0 saturated carbocycles. The van der Waals surface area contributed by atoms with E-state index in [2.05, 4.69) is 80.5 Å². The van der Waals surface area contributed by atoms with Crippen LogP contribution in [0.3, 0.4) is 0 Å². The van der Waals surface area contributed by atoms with E-state index in [4.69, 9.17) is 42.9 Å². The molecule has 0 radical (unpaired) electrons. The van der Waals surface area contributed by atoms with E-state index >= 15 is 0 Å². The second-order valence-electron chi connectivity index (χ2n) is 25.2.